The molecule has 0 amide bonds. The minimum atomic E-state index is -2.01. The number of hydrogen-bond donors (Lipinski definition) is 0. The quantitative estimate of drug-likeness (QED) is 0.681. The standard InChI is InChI=1S/C10H22O4Si/c1-5-13-15(3,4)14-9(2)10-11-7-6-8-12-10/h9-10H,5-8H2,1-4H3. The predicted molar refractivity (Wildman–Crippen MR) is 60.0 cm³/mol. The fourth-order valence-corrected chi connectivity index (χ4v) is 3.43. The summed E-state index contributed by atoms with van der Waals surface area (Å²) in [6.07, 6.45) is 0.680. The molecule has 1 aliphatic heterocycles. The van der Waals surface area contributed by atoms with Gasteiger partial charge in [0.1, 0.15) is 0 Å². The highest BCUT2D eigenvalue weighted by Crippen LogP contribution is 2.17. The molecule has 0 aromatic carbocycles. The third kappa shape index (κ3) is 4.61. The Kier molecular flexibility index (Phi) is 5.21. The lowest BCUT2D eigenvalue weighted by molar-refractivity contribution is -0.216. The lowest BCUT2D eigenvalue weighted by Crippen LogP contribution is -2.45. The maximum atomic E-state index is 5.88. The first-order valence-electron chi connectivity index (χ1n) is 5.60. The van der Waals surface area contributed by atoms with E-state index in [1.807, 2.05) is 26.9 Å². The first-order valence-corrected chi connectivity index (χ1v) is 8.42. The minimum absolute atomic E-state index is 0.0569. The van der Waals surface area contributed by atoms with E-state index in [4.69, 9.17) is 18.3 Å². The van der Waals surface area contributed by atoms with Crippen LogP contribution in [0.2, 0.25) is 13.1 Å². The summed E-state index contributed by atoms with van der Waals surface area (Å²) in [4.78, 5) is 0. The average Bonchev–Trinajstić information content (AvgIpc) is 2.18. The number of ether oxygens (including phenoxy) is 2. The van der Waals surface area contributed by atoms with Crippen molar-refractivity contribution in [1.82, 2.24) is 0 Å². The van der Waals surface area contributed by atoms with Crippen molar-refractivity contribution in [2.24, 2.45) is 0 Å². The van der Waals surface area contributed by atoms with Crippen molar-refractivity contribution in [3.8, 4) is 0 Å². The van der Waals surface area contributed by atoms with Gasteiger partial charge in [0.05, 0.1) is 19.3 Å². The fourth-order valence-electron chi connectivity index (χ4n) is 1.66. The van der Waals surface area contributed by atoms with Gasteiger partial charge >= 0.3 is 8.56 Å². The van der Waals surface area contributed by atoms with Crippen LogP contribution >= 0.6 is 0 Å². The van der Waals surface area contributed by atoms with Crippen molar-refractivity contribution in [2.75, 3.05) is 19.8 Å². The molecule has 0 aromatic rings. The van der Waals surface area contributed by atoms with Crippen LogP contribution in [0.3, 0.4) is 0 Å². The molecule has 0 aliphatic carbocycles. The average molecular weight is 234 g/mol. The van der Waals surface area contributed by atoms with Gasteiger partial charge in [0, 0.05) is 6.61 Å². The first kappa shape index (κ1) is 13.1. The molecule has 5 heteroatoms. The largest absolute Gasteiger partial charge is 0.395 e. The van der Waals surface area contributed by atoms with Crippen LogP contribution in [-0.4, -0.2) is 40.8 Å². The molecule has 1 fully saturated rings. The van der Waals surface area contributed by atoms with Gasteiger partial charge in [-0.3, -0.25) is 0 Å². The Labute approximate surface area is 93.1 Å². The Balaban J connectivity index is 2.35. The van der Waals surface area contributed by atoms with Gasteiger partial charge in [-0.1, -0.05) is 0 Å². The molecule has 0 radical (unpaired) electrons. The molecular weight excluding hydrogens is 212 g/mol. The predicted octanol–water partition coefficient (Wildman–Crippen LogP) is 1.89. The van der Waals surface area contributed by atoms with Gasteiger partial charge in [-0.2, -0.15) is 0 Å². The molecule has 1 saturated heterocycles. The SMILES string of the molecule is CCO[Si](C)(C)OC(C)C1OCCCO1. The van der Waals surface area contributed by atoms with Crippen molar-refractivity contribution in [2.45, 2.75) is 45.8 Å². The first-order chi connectivity index (χ1) is 7.05. The number of hydrogen-bond acceptors (Lipinski definition) is 4. The van der Waals surface area contributed by atoms with E-state index < -0.39 is 8.56 Å². The van der Waals surface area contributed by atoms with Crippen LogP contribution in [0, 0.1) is 0 Å². The van der Waals surface area contributed by atoms with Gasteiger partial charge in [-0.15, -0.1) is 0 Å². The second-order valence-corrected chi connectivity index (χ2v) is 7.44. The van der Waals surface area contributed by atoms with E-state index >= 15 is 0 Å². The van der Waals surface area contributed by atoms with E-state index in [0.29, 0.717) is 6.61 Å². The van der Waals surface area contributed by atoms with Gasteiger partial charge in [0.25, 0.3) is 0 Å². The molecule has 1 unspecified atom stereocenters. The lowest BCUT2D eigenvalue weighted by atomic mass is 10.3. The van der Waals surface area contributed by atoms with Crippen LogP contribution in [0.15, 0.2) is 0 Å². The normalized spacial score (nSPS) is 21.6. The van der Waals surface area contributed by atoms with E-state index in [9.17, 15) is 0 Å². The molecule has 0 spiro atoms. The van der Waals surface area contributed by atoms with E-state index in [1.54, 1.807) is 0 Å². The second-order valence-electron chi connectivity index (χ2n) is 4.12. The maximum absolute atomic E-state index is 5.88. The maximum Gasteiger partial charge on any atom is 0.332 e. The summed E-state index contributed by atoms with van der Waals surface area (Å²) in [5, 5.41) is 0. The second kappa shape index (κ2) is 5.96. The van der Waals surface area contributed by atoms with Gasteiger partial charge < -0.3 is 18.3 Å². The molecule has 1 aliphatic rings. The van der Waals surface area contributed by atoms with Crippen molar-refractivity contribution < 1.29 is 18.3 Å². The molecule has 0 bridgehead atoms. The molecule has 1 atom stereocenters. The van der Waals surface area contributed by atoms with E-state index in [-0.39, 0.29) is 12.4 Å². The van der Waals surface area contributed by atoms with Gasteiger partial charge in [-0.25, -0.2) is 0 Å². The van der Waals surface area contributed by atoms with Crippen LogP contribution < -0.4 is 0 Å². The van der Waals surface area contributed by atoms with E-state index in [0.717, 1.165) is 19.6 Å². The molecule has 15 heavy (non-hydrogen) atoms. The Bertz CT molecular complexity index is 180. The summed E-state index contributed by atoms with van der Waals surface area (Å²) in [7, 11) is -2.01. The molecule has 1 rings (SSSR count). The van der Waals surface area contributed by atoms with Crippen LogP contribution in [-0.2, 0) is 18.3 Å². The summed E-state index contributed by atoms with van der Waals surface area (Å²) < 4.78 is 22.4. The number of rotatable bonds is 5. The lowest BCUT2D eigenvalue weighted by Gasteiger charge is -2.33. The molecular formula is C10H22O4Si. The third-order valence-electron chi connectivity index (χ3n) is 2.20. The zero-order valence-electron chi connectivity index (χ0n) is 10.1. The van der Waals surface area contributed by atoms with Gasteiger partial charge in [0.15, 0.2) is 6.29 Å². The highest BCUT2D eigenvalue weighted by Gasteiger charge is 2.31. The summed E-state index contributed by atoms with van der Waals surface area (Å²) in [6.45, 7) is 10.2. The molecule has 4 nitrogen and oxygen atoms in total. The van der Waals surface area contributed by atoms with E-state index in [2.05, 4.69) is 0 Å². The summed E-state index contributed by atoms with van der Waals surface area (Å²) in [5.74, 6) is 0. The van der Waals surface area contributed by atoms with Crippen LogP contribution in [0.1, 0.15) is 20.3 Å². The smallest absolute Gasteiger partial charge is 0.332 e. The molecule has 0 N–H and O–H groups in total. The van der Waals surface area contributed by atoms with Crippen molar-refractivity contribution >= 4 is 8.56 Å². The highest BCUT2D eigenvalue weighted by molar-refractivity contribution is 6.64. The fraction of sp³-hybridized carbons (Fsp3) is 1.00. The van der Waals surface area contributed by atoms with E-state index in [1.165, 1.54) is 0 Å². The Morgan fingerprint density at radius 1 is 1.33 bits per heavy atom. The Morgan fingerprint density at radius 2 is 1.93 bits per heavy atom. The highest BCUT2D eigenvalue weighted by atomic mass is 28.4. The monoisotopic (exact) mass is 234 g/mol. The minimum Gasteiger partial charge on any atom is -0.395 e. The van der Waals surface area contributed by atoms with Crippen molar-refractivity contribution in [1.29, 1.82) is 0 Å². The summed E-state index contributed by atoms with van der Waals surface area (Å²) in [5.41, 5.74) is 0. The van der Waals surface area contributed by atoms with Crippen molar-refractivity contribution in [3.63, 3.8) is 0 Å². The van der Waals surface area contributed by atoms with Crippen LogP contribution in [0.5, 0.6) is 0 Å². The molecule has 90 valence electrons. The molecule has 1 heterocycles. The van der Waals surface area contributed by atoms with Crippen molar-refractivity contribution in [3.05, 3.63) is 0 Å². The topological polar surface area (TPSA) is 36.9 Å². The summed E-state index contributed by atoms with van der Waals surface area (Å²) in [6, 6.07) is 0. The van der Waals surface area contributed by atoms with Gasteiger partial charge in [0.2, 0.25) is 0 Å². The Morgan fingerprint density at radius 3 is 2.47 bits per heavy atom. The van der Waals surface area contributed by atoms with Gasteiger partial charge in [-0.05, 0) is 33.4 Å². The molecule has 0 saturated carbocycles. The Hall–Kier alpha value is 0.0569. The zero-order valence-corrected chi connectivity index (χ0v) is 11.1. The zero-order chi connectivity index (χ0) is 11.3. The van der Waals surface area contributed by atoms with Crippen LogP contribution in [0.4, 0.5) is 0 Å². The molecule has 0 aromatic heterocycles. The summed E-state index contributed by atoms with van der Waals surface area (Å²) >= 11 is 0. The van der Waals surface area contributed by atoms with Crippen LogP contribution in [0.25, 0.3) is 0 Å². The third-order valence-corrected chi connectivity index (χ3v) is 4.12.